The van der Waals surface area contributed by atoms with Gasteiger partial charge in [-0.2, -0.15) is 0 Å². The third-order valence-electron chi connectivity index (χ3n) is 4.40. The summed E-state index contributed by atoms with van der Waals surface area (Å²) in [5, 5.41) is 15.2. The van der Waals surface area contributed by atoms with Crippen molar-refractivity contribution in [3.8, 4) is 5.82 Å². The molecule has 1 N–H and O–H groups in total. The summed E-state index contributed by atoms with van der Waals surface area (Å²) >= 11 is 0. The van der Waals surface area contributed by atoms with Crippen LogP contribution in [0.25, 0.3) is 5.82 Å². The van der Waals surface area contributed by atoms with Crippen molar-refractivity contribution in [2.75, 3.05) is 23.3 Å². The fraction of sp³-hybridized carbons (Fsp3) is 0.353. The van der Waals surface area contributed by atoms with Crippen LogP contribution >= 0.6 is 0 Å². The predicted molar refractivity (Wildman–Crippen MR) is 94.0 cm³/mol. The Labute approximate surface area is 150 Å². The maximum absolute atomic E-state index is 12.5. The lowest BCUT2D eigenvalue weighted by Crippen LogP contribution is -2.41. The molecule has 3 aromatic rings. The zero-order chi connectivity index (χ0) is 17.9. The Balaban J connectivity index is 1.42. The standard InChI is InChI=1S/C17H19N7O2/c1-12-9-14(22-26-12)19-17(25)13-3-2-7-23(10-13)15-4-5-16(21-20-15)24-8-6-18-11-24/h4-6,8-9,11,13H,2-3,7,10H2,1H3,(H,19,22,25). The number of hydrogen-bond acceptors (Lipinski definition) is 7. The van der Waals surface area contributed by atoms with E-state index in [1.807, 2.05) is 18.3 Å². The van der Waals surface area contributed by atoms with Gasteiger partial charge in [0, 0.05) is 31.5 Å². The number of carbonyl (C=O) groups excluding carboxylic acids is 1. The minimum atomic E-state index is -0.129. The Hall–Kier alpha value is -3.23. The van der Waals surface area contributed by atoms with Crippen LogP contribution in [0.3, 0.4) is 0 Å². The summed E-state index contributed by atoms with van der Waals surface area (Å²) in [4.78, 5) is 18.6. The number of aryl methyl sites for hydroxylation is 1. The molecule has 134 valence electrons. The van der Waals surface area contributed by atoms with Gasteiger partial charge in [-0.25, -0.2) is 4.98 Å². The van der Waals surface area contributed by atoms with E-state index in [9.17, 15) is 4.79 Å². The summed E-state index contributed by atoms with van der Waals surface area (Å²) in [7, 11) is 0. The number of imidazole rings is 1. The summed E-state index contributed by atoms with van der Waals surface area (Å²) < 4.78 is 6.78. The maximum Gasteiger partial charge on any atom is 0.230 e. The van der Waals surface area contributed by atoms with Crippen LogP contribution < -0.4 is 10.2 Å². The lowest BCUT2D eigenvalue weighted by molar-refractivity contribution is -0.120. The first-order valence-electron chi connectivity index (χ1n) is 8.50. The topological polar surface area (TPSA) is 102 Å². The van der Waals surface area contributed by atoms with Crippen LogP contribution in [0, 0.1) is 12.8 Å². The van der Waals surface area contributed by atoms with Gasteiger partial charge in [0.2, 0.25) is 5.91 Å². The molecule has 9 heteroatoms. The monoisotopic (exact) mass is 353 g/mol. The highest BCUT2D eigenvalue weighted by molar-refractivity contribution is 5.92. The van der Waals surface area contributed by atoms with Crippen LogP contribution in [0.5, 0.6) is 0 Å². The van der Waals surface area contributed by atoms with Gasteiger partial charge in [-0.3, -0.25) is 9.36 Å². The van der Waals surface area contributed by atoms with Crippen molar-refractivity contribution in [1.82, 2.24) is 24.9 Å². The fourth-order valence-electron chi connectivity index (χ4n) is 3.07. The van der Waals surface area contributed by atoms with Crippen molar-refractivity contribution in [2.45, 2.75) is 19.8 Å². The lowest BCUT2D eigenvalue weighted by atomic mass is 9.97. The highest BCUT2D eigenvalue weighted by Crippen LogP contribution is 2.23. The largest absolute Gasteiger partial charge is 0.360 e. The van der Waals surface area contributed by atoms with Crippen molar-refractivity contribution >= 4 is 17.5 Å². The van der Waals surface area contributed by atoms with E-state index in [0.29, 0.717) is 23.9 Å². The van der Waals surface area contributed by atoms with E-state index in [4.69, 9.17) is 4.52 Å². The van der Waals surface area contributed by atoms with Crippen LogP contribution in [0.15, 0.2) is 41.4 Å². The van der Waals surface area contributed by atoms with E-state index in [1.54, 1.807) is 30.1 Å². The molecule has 1 fully saturated rings. The minimum Gasteiger partial charge on any atom is -0.360 e. The Morgan fingerprint density at radius 3 is 2.85 bits per heavy atom. The molecule has 1 aliphatic rings. The molecule has 1 unspecified atom stereocenters. The van der Waals surface area contributed by atoms with Crippen molar-refractivity contribution in [3.63, 3.8) is 0 Å². The van der Waals surface area contributed by atoms with E-state index in [2.05, 4.69) is 30.6 Å². The summed E-state index contributed by atoms with van der Waals surface area (Å²) in [6.07, 6.45) is 6.94. The first-order valence-corrected chi connectivity index (χ1v) is 8.50. The third kappa shape index (κ3) is 3.41. The van der Waals surface area contributed by atoms with Gasteiger partial charge >= 0.3 is 0 Å². The molecule has 1 aliphatic heterocycles. The molecular weight excluding hydrogens is 334 g/mol. The molecule has 1 atom stereocenters. The number of rotatable bonds is 4. The van der Waals surface area contributed by atoms with Crippen molar-refractivity contribution in [3.05, 3.63) is 42.7 Å². The summed E-state index contributed by atoms with van der Waals surface area (Å²) in [6.45, 7) is 3.24. The first-order chi connectivity index (χ1) is 12.7. The quantitative estimate of drug-likeness (QED) is 0.763. The summed E-state index contributed by atoms with van der Waals surface area (Å²) in [5.74, 6) is 2.41. The zero-order valence-corrected chi connectivity index (χ0v) is 14.4. The molecule has 26 heavy (non-hydrogen) atoms. The number of nitrogens with zero attached hydrogens (tertiary/aromatic N) is 6. The van der Waals surface area contributed by atoms with Gasteiger partial charge in [-0.05, 0) is 31.9 Å². The molecule has 0 saturated carbocycles. The molecule has 4 heterocycles. The summed E-state index contributed by atoms with van der Waals surface area (Å²) in [5.41, 5.74) is 0. The van der Waals surface area contributed by atoms with Gasteiger partial charge in [0.15, 0.2) is 17.5 Å². The Kier molecular flexibility index (Phi) is 4.34. The molecule has 3 aromatic heterocycles. The fourth-order valence-corrected chi connectivity index (χ4v) is 3.07. The second-order valence-electron chi connectivity index (χ2n) is 6.32. The molecular formula is C17H19N7O2. The molecule has 0 spiro atoms. The van der Waals surface area contributed by atoms with Gasteiger partial charge in [0.25, 0.3) is 0 Å². The normalized spacial score (nSPS) is 17.3. The first kappa shape index (κ1) is 16.2. The van der Waals surface area contributed by atoms with E-state index in [-0.39, 0.29) is 11.8 Å². The number of amides is 1. The Morgan fingerprint density at radius 1 is 1.31 bits per heavy atom. The molecule has 0 bridgehead atoms. The van der Waals surface area contributed by atoms with Crippen LogP contribution in [-0.2, 0) is 4.79 Å². The third-order valence-corrected chi connectivity index (χ3v) is 4.40. The number of nitrogens with one attached hydrogen (secondary N) is 1. The van der Waals surface area contributed by atoms with Crippen molar-refractivity contribution < 1.29 is 9.32 Å². The van der Waals surface area contributed by atoms with Crippen LogP contribution in [0.2, 0.25) is 0 Å². The number of piperidine rings is 1. The highest BCUT2D eigenvalue weighted by atomic mass is 16.5. The minimum absolute atomic E-state index is 0.0500. The Bertz CT molecular complexity index is 873. The van der Waals surface area contributed by atoms with Crippen LogP contribution in [0.1, 0.15) is 18.6 Å². The lowest BCUT2D eigenvalue weighted by Gasteiger charge is -2.32. The van der Waals surface area contributed by atoms with E-state index < -0.39 is 0 Å². The average molecular weight is 353 g/mol. The molecule has 0 aliphatic carbocycles. The van der Waals surface area contributed by atoms with E-state index in [0.717, 1.165) is 25.2 Å². The van der Waals surface area contributed by atoms with Crippen molar-refractivity contribution in [2.24, 2.45) is 5.92 Å². The van der Waals surface area contributed by atoms with Gasteiger partial charge in [-0.15, -0.1) is 10.2 Å². The Morgan fingerprint density at radius 2 is 2.15 bits per heavy atom. The number of anilines is 2. The number of hydrogen-bond donors (Lipinski definition) is 1. The average Bonchev–Trinajstić information content (AvgIpc) is 3.34. The van der Waals surface area contributed by atoms with Crippen LogP contribution in [0.4, 0.5) is 11.6 Å². The molecule has 0 radical (unpaired) electrons. The predicted octanol–water partition coefficient (Wildman–Crippen LogP) is 1.81. The number of carbonyl (C=O) groups is 1. The maximum atomic E-state index is 12.5. The van der Waals surface area contributed by atoms with Crippen molar-refractivity contribution in [1.29, 1.82) is 0 Å². The SMILES string of the molecule is Cc1cc(NC(=O)C2CCCN(c3ccc(-n4ccnc4)nn3)C2)no1. The van der Waals surface area contributed by atoms with Crippen LogP contribution in [-0.4, -0.2) is 43.9 Å². The summed E-state index contributed by atoms with van der Waals surface area (Å²) in [6, 6.07) is 5.52. The zero-order valence-electron chi connectivity index (χ0n) is 14.4. The number of aromatic nitrogens is 5. The van der Waals surface area contributed by atoms with Gasteiger partial charge in [0.05, 0.1) is 5.92 Å². The molecule has 0 aromatic carbocycles. The second kappa shape index (κ2) is 6.95. The molecule has 4 rings (SSSR count). The molecule has 9 nitrogen and oxygen atoms in total. The van der Waals surface area contributed by atoms with E-state index >= 15 is 0 Å². The second-order valence-corrected chi connectivity index (χ2v) is 6.32. The van der Waals surface area contributed by atoms with E-state index in [1.165, 1.54) is 0 Å². The van der Waals surface area contributed by atoms with Gasteiger partial charge < -0.3 is 14.7 Å². The molecule has 1 saturated heterocycles. The molecule has 1 amide bonds. The smallest absolute Gasteiger partial charge is 0.230 e. The van der Waals surface area contributed by atoms with Gasteiger partial charge in [0.1, 0.15) is 12.1 Å². The van der Waals surface area contributed by atoms with Gasteiger partial charge in [-0.1, -0.05) is 5.16 Å². The highest BCUT2D eigenvalue weighted by Gasteiger charge is 2.27.